The molecule has 0 aliphatic heterocycles. The minimum absolute atomic E-state index is 0.0208. The number of thioether (sulfide) groups is 1. The van der Waals surface area contributed by atoms with E-state index in [1.807, 2.05) is 18.7 Å². The van der Waals surface area contributed by atoms with Gasteiger partial charge in [-0.15, -0.1) is 0 Å². The van der Waals surface area contributed by atoms with E-state index in [9.17, 15) is 21.6 Å². The number of sulfonamides is 1. The van der Waals surface area contributed by atoms with Gasteiger partial charge in [0.2, 0.25) is 15.9 Å². The largest absolute Gasteiger partial charge is 0.370 e. The van der Waals surface area contributed by atoms with Crippen LogP contribution < -0.4 is 10.9 Å². The lowest BCUT2D eigenvalue weighted by atomic mass is 10.3. The van der Waals surface area contributed by atoms with Crippen molar-refractivity contribution in [3.05, 3.63) is 0 Å². The van der Waals surface area contributed by atoms with Gasteiger partial charge in [-0.05, 0) is 25.4 Å². The summed E-state index contributed by atoms with van der Waals surface area (Å²) in [6, 6.07) is 0. The van der Waals surface area contributed by atoms with Crippen LogP contribution in [0.2, 0.25) is 0 Å². The van der Waals surface area contributed by atoms with Gasteiger partial charge in [-0.25, -0.2) is 22.0 Å². The second kappa shape index (κ2) is 18.7. The average Bonchev–Trinajstić information content (AvgIpc) is 2.38. The van der Waals surface area contributed by atoms with Crippen LogP contribution in [0.1, 0.15) is 40.5 Å². The molecule has 0 atom stereocenters. The second-order valence-electron chi connectivity index (χ2n) is 3.96. The molecule has 0 unspecified atom stereocenters. The van der Waals surface area contributed by atoms with E-state index < -0.39 is 19.9 Å². The summed E-state index contributed by atoms with van der Waals surface area (Å²) < 4.78 is 39.6. The number of amides is 1. The summed E-state index contributed by atoms with van der Waals surface area (Å²) in [4.78, 5) is 9.82. The molecule has 0 rings (SSSR count). The van der Waals surface area contributed by atoms with Crippen LogP contribution in [0, 0.1) is 0 Å². The quantitative estimate of drug-likeness (QED) is 0.729. The molecule has 0 aromatic carbocycles. The third-order valence-corrected chi connectivity index (χ3v) is 4.14. The zero-order chi connectivity index (χ0) is 18.8. The predicted molar refractivity (Wildman–Crippen MR) is 97.2 cm³/mol. The van der Waals surface area contributed by atoms with Crippen molar-refractivity contribution in [2.24, 2.45) is 10.9 Å². The van der Waals surface area contributed by atoms with E-state index in [4.69, 9.17) is 5.73 Å². The summed E-state index contributed by atoms with van der Waals surface area (Å²) in [6.45, 7) is 7.18. The molecular weight excluding hydrogens is 348 g/mol. The zero-order valence-electron chi connectivity index (χ0n) is 14.5. The Morgan fingerprint density at radius 1 is 1.00 bits per heavy atom. The number of carbonyl (C=O) groups is 1. The van der Waals surface area contributed by atoms with Crippen molar-refractivity contribution >= 4 is 37.5 Å². The van der Waals surface area contributed by atoms with Crippen molar-refractivity contribution < 1.29 is 21.6 Å². The molecule has 4 N–H and O–H groups in total. The average molecular weight is 381 g/mol. The first-order chi connectivity index (χ1) is 9.81. The molecule has 0 aliphatic carbocycles. The zero-order valence-corrected chi connectivity index (χ0v) is 16.9. The number of sulfone groups is 1. The van der Waals surface area contributed by atoms with Crippen LogP contribution in [0.4, 0.5) is 0 Å². The van der Waals surface area contributed by atoms with E-state index in [0.717, 1.165) is 6.42 Å². The number of nitrogens with two attached hydrogens (primary N) is 2. The van der Waals surface area contributed by atoms with Gasteiger partial charge in [0.1, 0.15) is 9.84 Å². The van der Waals surface area contributed by atoms with Crippen molar-refractivity contribution in [3.8, 4) is 0 Å². The minimum atomic E-state index is -3.16. The van der Waals surface area contributed by atoms with Gasteiger partial charge < -0.3 is 5.73 Å². The maximum Gasteiger partial charge on any atom is 0.217 e. The van der Waals surface area contributed by atoms with Crippen molar-refractivity contribution in [2.75, 3.05) is 29.8 Å². The molecule has 0 saturated carbocycles. The molecule has 0 radical (unpaired) electrons. The van der Waals surface area contributed by atoms with Gasteiger partial charge in [0.05, 0.1) is 5.75 Å². The third-order valence-electron chi connectivity index (χ3n) is 1.71. The van der Waals surface area contributed by atoms with E-state index in [0.29, 0.717) is 6.42 Å². The predicted octanol–water partition coefficient (Wildman–Crippen LogP) is 0.987. The lowest BCUT2D eigenvalue weighted by molar-refractivity contribution is -0.118. The van der Waals surface area contributed by atoms with Crippen LogP contribution in [0.15, 0.2) is 0 Å². The molecule has 0 spiro atoms. The number of primary amides is 1. The first-order valence-corrected chi connectivity index (χ1v) is 11.9. The van der Waals surface area contributed by atoms with Crippen LogP contribution >= 0.6 is 11.8 Å². The summed E-state index contributed by atoms with van der Waals surface area (Å²) >= 11 is 1.86. The molecule has 0 fully saturated rings. The molecular formula is C12H32N2O5S3. The lowest BCUT2D eigenvalue weighted by Crippen LogP contribution is -2.13. The number of rotatable bonds is 5. The van der Waals surface area contributed by atoms with E-state index >= 15 is 0 Å². The molecule has 7 nitrogen and oxygen atoms in total. The van der Waals surface area contributed by atoms with Crippen molar-refractivity contribution in [1.82, 2.24) is 0 Å². The van der Waals surface area contributed by atoms with Crippen molar-refractivity contribution in [3.63, 3.8) is 0 Å². The minimum Gasteiger partial charge on any atom is -0.370 e. The fraction of sp³-hybridized carbons (Fsp3) is 0.917. The highest BCUT2D eigenvalue weighted by Crippen LogP contribution is 1.83. The molecule has 0 heterocycles. The van der Waals surface area contributed by atoms with Crippen LogP contribution in [0.3, 0.4) is 0 Å². The Bertz CT molecular complexity index is 400. The van der Waals surface area contributed by atoms with Crippen molar-refractivity contribution in [2.45, 2.75) is 40.5 Å². The van der Waals surface area contributed by atoms with Crippen LogP contribution in [-0.2, 0) is 24.7 Å². The van der Waals surface area contributed by atoms with Gasteiger partial charge in [0, 0.05) is 18.4 Å². The SMILES string of the molecule is CCCC(N)=O.CCS(C)(=O)=O.CCS(N)(=O)=O.CCSC. The van der Waals surface area contributed by atoms with Crippen LogP contribution in [-0.4, -0.2) is 52.5 Å². The highest BCUT2D eigenvalue weighted by atomic mass is 32.2. The van der Waals surface area contributed by atoms with Gasteiger partial charge in [-0.1, -0.05) is 20.8 Å². The van der Waals surface area contributed by atoms with Gasteiger partial charge in [0.25, 0.3) is 0 Å². The fourth-order valence-electron chi connectivity index (χ4n) is 0.246. The van der Waals surface area contributed by atoms with Crippen LogP contribution in [0.25, 0.3) is 0 Å². The monoisotopic (exact) mass is 380 g/mol. The first-order valence-electron chi connectivity index (χ1n) is 6.76. The Labute approximate surface area is 140 Å². The van der Waals surface area contributed by atoms with E-state index in [2.05, 4.69) is 18.3 Å². The van der Waals surface area contributed by atoms with E-state index in [-0.39, 0.29) is 17.4 Å². The Morgan fingerprint density at radius 2 is 1.27 bits per heavy atom. The molecule has 0 bridgehead atoms. The summed E-state index contributed by atoms with van der Waals surface area (Å²) in [6.07, 6.45) is 4.68. The number of hydrogen-bond acceptors (Lipinski definition) is 6. The van der Waals surface area contributed by atoms with E-state index in [1.54, 1.807) is 6.92 Å². The summed E-state index contributed by atoms with van der Waals surface area (Å²) in [5.74, 6) is 1.29. The smallest absolute Gasteiger partial charge is 0.217 e. The molecule has 0 saturated heterocycles. The first kappa shape index (κ1) is 29.7. The maximum absolute atomic E-state index is 10.0. The molecule has 1 amide bonds. The molecule has 10 heteroatoms. The van der Waals surface area contributed by atoms with Gasteiger partial charge in [0.15, 0.2) is 0 Å². The second-order valence-corrected chi connectivity index (χ2v) is 9.45. The molecule has 0 aliphatic rings. The Kier molecular flexibility index (Phi) is 25.3. The highest BCUT2D eigenvalue weighted by Gasteiger charge is 1.91. The summed E-state index contributed by atoms with van der Waals surface area (Å²) in [5, 5.41) is 4.51. The van der Waals surface area contributed by atoms with Gasteiger partial charge in [-0.3, -0.25) is 4.79 Å². The molecule has 0 aromatic rings. The highest BCUT2D eigenvalue weighted by molar-refractivity contribution is 7.98. The summed E-state index contributed by atoms with van der Waals surface area (Å²) in [5.41, 5.74) is 4.76. The molecule has 138 valence electrons. The topological polar surface area (TPSA) is 137 Å². The summed E-state index contributed by atoms with van der Waals surface area (Å²) in [7, 11) is -5.82. The van der Waals surface area contributed by atoms with Crippen LogP contribution in [0.5, 0.6) is 0 Å². The fourth-order valence-corrected chi connectivity index (χ4v) is 0.246. The molecule has 0 aromatic heterocycles. The standard InChI is InChI=1S/C4H9NO.C3H8O2S.C3H8S.C2H7NO2S/c1-2-3-4(5)6;1-3-6(2,4)5;1-3-4-2;1-2-6(3,4)5/h2-3H2,1H3,(H2,5,6);3H2,1-2H3;3H2,1-2H3;2H2,1H3,(H2,3,4,5). The lowest BCUT2D eigenvalue weighted by Gasteiger charge is -1.81. The Hall–Kier alpha value is -0.320. The Balaban J connectivity index is -0.0000000994. The van der Waals surface area contributed by atoms with Gasteiger partial charge >= 0.3 is 0 Å². The maximum atomic E-state index is 10.0. The third kappa shape index (κ3) is 73.3. The number of hydrogen-bond donors (Lipinski definition) is 2. The van der Waals surface area contributed by atoms with Gasteiger partial charge in [-0.2, -0.15) is 11.8 Å². The normalized spacial score (nSPS) is 9.95. The number of primary sulfonamides is 1. The van der Waals surface area contributed by atoms with Crippen molar-refractivity contribution in [1.29, 1.82) is 0 Å². The number of carbonyl (C=O) groups excluding carboxylic acids is 1. The Morgan fingerprint density at radius 3 is 1.27 bits per heavy atom. The molecule has 22 heavy (non-hydrogen) atoms. The van der Waals surface area contributed by atoms with E-state index in [1.165, 1.54) is 18.9 Å².